The zero-order valence-corrected chi connectivity index (χ0v) is 8.40. The van der Waals surface area contributed by atoms with Crippen molar-refractivity contribution in [3.63, 3.8) is 0 Å². The molecule has 74 valence electrons. The topological polar surface area (TPSA) is 0 Å². The van der Waals surface area contributed by atoms with Gasteiger partial charge in [0.1, 0.15) is 12.3 Å². The van der Waals surface area contributed by atoms with Gasteiger partial charge in [0, 0.05) is 6.42 Å². The number of alkyl halides is 2. The largest absolute Gasteiger partial charge is 0.247 e. The lowest BCUT2D eigenvalue weighted by molar-refractivity contribution is 0.222. The van der Waals surface area contributed by atoms with Crippen molar-refractivity contribution in [1.82, 2.24) is 0 Å². The highest BCUT2D eigenvalue weighted by atomic mass is 19.1. The molecule has 0 heterocycles. The van der Waals surface area contributed by atoms with Crippen LogP contribution in [0.2, 0.25) is 0 Å². The average Bonchev–Trinajstić information content (AvgIpc) is 1.81. The Labute approximate surface area is 79.7 Å². The summed E-state index contributed by atoms with van der Waals surface area (Å²) >= 11 is 0. The van der Waals surface area contributed by atoms with E-state index in [-0.39, 0.29) is 18.3 Å². The Morgan fingerprint density at radius 3 is 2.15 bits per heavy atom. The van der Waals surface area contributed by atoms with E-state index in [1.165, 1.54) is 0 Å². The van der Waals surface area contributed by atoms with Crippen LogP contribution in [0.5, 0.6) is 0 Å². The van der Waals surface area contributed by atoms with Gasteiger partial charge in [0.2, 0.25) is 0 Å². The molecule has 0 aromatic rings. The Morgan fingerprint density at radius 2 is 1.77 bits per heavy atom. The van der Waals surface area contributed by atoms with E-state index in [1.54, 1.807) is 0 Å². The summed E-state index contributed by atoms with van der Waals surface area (Å²) in [5.41, 5.74) is -0.151. The zero-order chi connectivity index (χ0) is 10.5. The molecule has 13 heavy (non-hydrogen) atoms. The van der Waals surface area contributed by atoms with E-state index in [4.69, 9.17) is 6.42 Å². The summed E-state index contributed by atoms with van der Waals surface area (Å²) in [7, 11) is 0. The maximum Gasteiger partial charge on any atom is 0.121 e. The summed E-state index contributed by atoms with van der Waals surface area (Å²) in [4.78, 5) is 0. The molecule has 0 amide bonds. The van der Waals surface area contributed by atoms with Crippen molar-refractivity contribution in [3.8, 4) is 12.3 Å². The van der Waals surface area contributed by atoms with Gasteiger partial charge in [-0.3, -0.25) is 0 Å². The van der Waals surface area contributed by atoms with Gasteiger partial charge < -0.3 is 0 Å². The van der Waals surface area contributed by atoms with Gasteiger partial charge in [-0.1, -0.05) is 20.8 Å². The number of rotatable bonds is 4. The van der Waals surface area contributed by atoms with Crippen molar-refractivity contribution in [2.75, 3.05) is 0 Å². The first-order valence-electron chi connectivity index (χ1n) is 4.33. The molecule has 0 fully saturated rings. The third-order valence-electron chi connectivity index (χ3n) is 1.45. The first-order chi connectivity index (χ1) is 5.85. The van der Waals surface area contributed by atoms with Gasteiger partial charge in [0.25, 0.3) is 0 Å². The predicted octanol–water partition coefficient (Wildman–Crippen LogP) is 3.20. The van der Waals surface area contributed by atoms with Crippen LogP contribution in [0.3, 0.4) is 0 Å². The quantitative estimate of drug-likeness (QED) is 0.591. The van der Waals surface area contributed by atoms with Crippen LogP contribution in [0.1, 0.15) is 33.6 Å². The Morgan fingerprint density at radius 1 is 1.23 bits per heavy atom. The first-order valence-corrected chi connectivity index (χ1v) is 4.33. The number of hydrogen-bond donors (Lipinski definition) is 0. The van der Waals surface area contributed by atoms with Crippen LogP contribution in [0.25, 0.3) is 0 Å². The van der Waals surface area contributed by atoms with E-state index in [0.29, 0.717) is 0 Å². The van der Waals surface area contributed by atoms with E-state index in [1.807, 2.05) is 20.8 Å². The van der Waals surface area contributed by atoms with Crippen molar-refractivity contribution in [2.45, 2.75) is 46.0 Å². The predicted molar refractivity (Wildman–Crippen MR) is 50.6 cm³/mol. The number of hydrogen-bond acceptors (Lipinski definition) is 0. The molecule has 0 spiro atoms. The molecule has 2 atom stereocenters. The van der Waals surface area contributed by atoms with E-state index in [0.717, 1.165) is 0 Å². The normalized spacial score (nSPS) is 16.3. The molecule has 0 aliphatic rings. The molecule has 2 radical (unpaired) electrons. The zero-order valence-electron chi connectivity index (χ0n) is 8.40. The lowest BCUT2D eigenvalue weighted by atomic mass is 9.88. The molecular formula is C11H16F2. The molecule has 0 N–H and O–H groups in total. The number of terminal acetylenes is 1. The summed E-state index contributed by atoms with van der Waals surface area (Å²) in [5, 5.41) is 0. The second-order valence-corrected chi connectivity index (χ2v) is 4.27. The molecule has 0 aliphatic heterocycles. The third kappa shape index (κ3) is 7.77. The van der Waals surface area contributed by atoms with E-state index < -0.39 is 12.3 Å². The lowest BCUT2D eigenvalue weighted by Gasteiger charge is -2.20. The summed E-state index contributed by atoms with van der Waals surface area (Å²) in [6.45, 7) is 5.70. The summed E-state index contributed by atoms with van der Waals surface area (Å²) in [6.07, 6.45) is 4.45. The molecule has 2 unspecified atom stereocenters. The van der Waals surface area contributed by atoms with Gasteiger partial charge in [0.15, 0.2) is 0 Å². The van der Waals surface area contributed by atoms with Crippen molar-refractivity contribution in [2.24, 2.45) is 5.41 Å². The molecule has 0 aliphatic carbocycles. The Kier molecular flexibility index (Phi) is 4.98. The second kappa shape index (κ2) is 5.21. The van der Waals surface area contributed by atoms with Gasteiger partial charge in [0.05, 0.1) is 6.42 Å². The van der Waals surface area contributed by atoms with E-state index >= 15 is 0 Å². The maximum absolute atomic E-state index is 13.1. The summed E-state index contributed by atoms with van der Waals surface area (Å²) in [5.74, 6) is 2.13. The van der Waals surface area contributed by atoms with Crippen molar-refractivity contribution >= 4 is 0 Å². The van der Waals surface area contributed by atoms with Crippen molar-refractivity contribution in [3.05, 3.63) is 6.42 Å². The third-order valence-corrected chi connectivity index (χ3v) is 1.45. The average molecular weight is 186 g/mol. The second-order valence-electron chi connectivity index (χ2n) is 4.27. The van der Waals surface area contributed by atoms with Gasteiger partial charge >= 0.3 is 0 Å². The van der Waals surface area contributed by atoms with Crippen LogP contribution < -0.4 is 0 Å². The van der Waals surface area contributed by atoms with Crippen LogP contribution in [0, 0.1) is 24.2 Å². The smallest absolute Gasteiger partial charge is 0.121 e. The molecule has 0 bridgehead atoms. The molecule has 0 aromatic heterocycles. The minimum atomic E-state index is -1.44. The van der Waals surface area contributed by atoms with Gasteiger partial charge in [-0.25, -0.2) is 8.78 Å². The Balaban J connectivity index is 3.75. The standard InChI is InChI=1S/C11H16F2/c1-5-6-9(12)7-10(13)8-11(2,3)4/h1,9-10H,6,8H2,2-4H3. The molecule has 0 rings (SSSR count). The Hall–Kier alpha value is -0.580. The van der Waals surface area contributed by atoms with Crippen LogP contribution in [-0.4, -0.2) is 12.3 Å². The highest BCUT2D eigenvalue weighted by Gasteiger charge is 2.21. The minimum Gasteiger partial charge on any atom is -0.247 e. The van der Waals surface area contributed by atoms with Gasteiger partial charge in [-0.05, 0) is 11.8 Å². The molecule has 0 saturated heterocycles. The SMILES string of the molecule is C#CCC(F)[C]C(F)CC(C)(C)C. The fourth-order valence-corrected chi connectivity index (χ4v) is 0.955. The highest BCUT2D eigenvalue weighted by molar-refractivity contribution is 4.95. The van der Waals surface area contributed by atoms with Gasteiger partial charge in [-0.2, -0.15) is 0 Å². The van der Waals surface area contributed by atoms with Crippen LogP contribution >= 0.6 is 0 Å². The number of halogens is 2. The molecule has 2 heteroatoms. The molecule has 0 aromatic carbocycles. The summed E-state index contributed by atoms with van der Waals surface area (Å²) < 4.78 is 25.8. The van der Waals surface area contributed by atoms with Crippen LogP contribution in [0.15, 0.2) is 0 Å². The van der Waals surface area contributed by atoms with E-state index in [2.05, 4.69) is 12.3 Å². The summed E-state index contributed by atoms with van der Waals surface area (Å²) in [6, 6.07) is 0. The molecule has 0 saturated carbocycles. The Bertz CT molecular complexity index is 174. The fraction of sp³-hybridized carbons (Fsp3) is 0.727. The maximum atomic E-state index is 13.1. The first kappa shape index (κ1) is 12.4. The van der Waals surface area contributed by atoms with Crippen LogP contribution in [0.4, 0.5) is 8.78 Å². The molecule has 0 nitrogen and oxygen atoms in total. The highest BCUT2D eigenvalue weighted by Crippen LogP contribution is 2.25. The van der Waals surface area contributed by atoms with Crippen molar-refractivity contribution < 1.29 is 8.78 Å². The monoisotopic (exact) mass is 186 g/mol. The minimum absolute atomic E-state index is 0.0927. The fourth-order valence-electron chi connectivity index (χ4n) is 0.955. The molecular weight excluding hydrogens is 170 g/mol. The van der Waals surface area contributed by atoms with Gasteiger partial charge in [-0.15, -0.1) is 12.3 Å². The van der Waals surface area contributed by atoms with E-state index in [9.17, 15) is 8.78 Å². The van der Waals surface area contributed by atoms with Crippen LogP contribution in [-0.2, 0) is 0 Å². The van der Waals surface area contributed by atoms with Crippen molar-refractivity contribution in [1.29, 1.82) is 0 Å². The lowest BCUT2D eigenvalue weighted by Crippen LogP contribution is -2.18.